The smallest absolute Gasteiger partial charge is 0.304 e. The fourth-order valence-corrected chi connectivity index (χ4v) is 3.56. The average molecular weight is 225 g/mol. The molecule has 2 fully saturated rings. The lowest BCUT2D eigenvalue weighted by Gasteiger charge is -2.30. The van der Waals surface area contributed by atoms with E-state index in [1.807, 2.05) is 6.92 Å². The van der Waals surface area contributed by atoms with Crippen molar-refractivity contribution >= 4 is 5.97 Å². The zero-order valence-corrected chi connectivity index (χ0v) is 10.4. The number of carboxylic acids is 1. The number of hydrogen-bond acceptors (Lipinski definition) is 2. The highest BCUT2D eigenvalue weighted by molar-refractivity contribution is 5.67. The van der Waals surface area contributed by atoms with E-state index in [9.17, 15) is 4.79 Å². The lowest BCUT2D eigenvalue weighted by Crippen LogP contribution is -2.36. The van der Waals surface area contributed by atoms with Crippen LogP contribution < -0.4 is 0 Å². The summed E-state index contributed by atoms with van der Waals surface area (Å²) in [5.74, 6) is 2.06. The topological polar surface area (TPSA) is 40.5 Å². The minimum absolute atomic E-state index is 0.164. The lowest BCUT2D eigenvalue weighted by molar-refractivity contribution is -0.138. The molecule has 2 saturated carbocycles. The number of carbonyl (C=O) groups is 1. The van der Waals surface area contributed by atoms with Gasteiger partial charge in [0.25, 0.3) is 0 Å². The molecule has 0 radical (unpaired) electrons. The van der Waals surface area contributed by atoms with Gasteiger partial charge in [0.15, 0.2) is 0 Å². The first-order valence-electron chi connectivity index (χ1n) is 6.48. The van der Waals surface area contributed by atoms with E-state index in [1.165, 1.54) is 25.7 Å². The van der Waals surface area contributed by atoms with Gasteiger partial charge in [-0.2, -0.15) is 0 Å². The Labute approximate surface area is 97.8 Å². The molecule has 4 unspecified atom stereocenters. The molecule has 0 aromatic rings. The Bertz CT molecular complexity index is 267. The van der Waals surface area contributed by atoms with Crippen LogP contribution in [0.1, 0.15) is 39.0 Å². The Kier molecular flexibility index (Phi) is 3.53. The highest BCUT2D eigenvalue weighted by Gasteiger charge is 2.39. The van der Waals surface area contributed by atoms with Gasteiger partial charge >= 0.3 is 5.97 Å². The molecule has 2 rings (SSSR count). The minimum Gasteiger partial charge on any atom is -0.481 e. The Morgan fingerprint density at radius 3 is 2.69 bits per heavy atom. The van der Waals surface area contributed by atoms with Crippen LogP contribution in [0.4, 0.5) is 0 Å². The van der Waals surface area contributed by atoms with Gasteiger partial charge in [-0.3, -0.25) is 4.79 Å². The quantitative estimate of drug-likeness (QED) is 0.780. The first-order chi connectivity index (χ1) is 7.56. The Morgan fingerprint density at radius 1 is 1.44 bits per heavy atom. The van der Waals surface area contributed by atoms with Gasteiger partial charge in [0.05, 0.1) is 6.42 Å². The molecule has 3 nitrogen and oxygen atoms in total. The van der Waals surface area contributed by atoms with Crippen molar-refractivity contribution in [3.8, 4) is 0 Å². The van der Waals surface area contributed by atoms with E-state index < -0.39 is 5.97 Å². The van der Waals surface area contributed by atoms with Crippen molar-refractivity contribution < 1.29 is 9.90 Å². The fourth-order valence-electron chi connectivity index (χ4n) is 3.56. The van der Waals surface area contributed by atoms with Crippen molar-refractivity contribution in [2.45, 2.75) is 45.1 Å². The van der Waals surface area contributed by atoms with Gasteiger partial charge in [-0.25, -0.2) is 0 Å². The van der Waals surface area contributed by atoms with E-state index in [4.69, 9.17) is 5.11 Å². The third kappa shape index (κ3) is 2.57. The van der Waals surface area contributed by atoms with E-state index in [1.54, 1.807) is 0 Å². The molecule has 1 N–H and O–H groups in total. The molecule has 0 saturated heterocycles. The Balaban J connectivity index is 1.78. The number of fused-ring (bicyclic) bond motifs is 2. The summed E-state index contributed by atoms with van der Waals surface area (Å²) < 4.78 is 0. The van der Waals surface area contributed by atoms with Crippen LogP contribution in [0, 0.1) is 17.8 Å². The summed E-state index contributed by atoms with van der Waals surface area (Å²) in [4.78, 5) is 12.9. The summed E-state index contributed by atoms with van der Waals surface area (Å²) in [5, 5.41) is 8.77. The predicted molar refractivity (Wildman–Crippen MR) is 63.3 cm³/mol. The van der Waals surface area contributed by atoms with Gasteiger partial charge in [0.1, 0.15) is 0 Å². The maximum atomic E-state index is 10.7. The van der Waals surface area contributed by atoms with Crippen LogP contribution >= 0.6 is 0 Å². The molecule has 2 aliphatic carbocycles. The summed E-state index contributed by atoms with van der Waals surface area (Å²) in [7, 11) is 2.07. The summed E-state index contributed by atoms with van der Waals surface area (Å²) >= 11 is 0. The van der Waals surface area contributed by atoms with Crippen molar-refractivity contribution in [1.82, 2.24) is 4.90 Å². The van der Waals surface area contributed by atoms with E-state index in [-0.39, 0.29) is 12.5 Å². The number of hydrogen-bond donors (Lipinski definition) is 1. The van der Waals surface area contributed by atoms with Crippen LogP contribution in [0.2, 0.25) is 0 Å². The zero-order valence-electron chi connectivity index (χ0n) is 10.4. The molecule has 4 atom stereocenters. The standard InChI is InChI=1S/C13H23NO2/c1-9(5-13(15)16)14(2)8-12-7-10-3-4-11(12)6-10/h9-12H,3-8H2,1-2H3,(H,15,16). The first kappa shape index (κ1) is 11.9. The molecular weight excluding hydrogens is 202 g/mol. The van der Waals surface area contributed by atoms with E-state index >= 15 is 0 Å². The second kappa shape index (κ2) is 4.74. The number of nitrogens with zero attached hydrogens (tertiary/aromatic N) is 1. The second-order valence-electron chi connectivity index (χ2n) is 5.82. The third-order valence-corrected chi connectivity index (χ3v) is 4.63. The van der Waals surface area contributed by atoms with Gasteiger partial charge in [0, 0.05) is 12.6 Å². The van der Waals surface area contributed by atoms with Crippen LogP contribution in [0.15, 0.2) is 0 Å². The van der Waals surface area contributed by atoms with Crippen molar-refractivity contribution in [2.75, 3.05) is 13.6 Å². The van der Waals surface area contributed by atoms with Crippen LogP contribution in [0.25, 0.3) is 0 Å². The van der Waals surface area contributed by atoms with Gasteiger partial charge in [-0.1, -0.05) is 6.42 Å². The largest absolute Gasteiger partial charge is 0.481 e. The van der Waals surface area contributed by atoms with Crippen molar-refractivity contribution in [3.63, 3.8) is 0 Å². The number of rotatable bonds is 5. The SMILES string of the molecule is CC(CC(=O)O)N(C)CC1CC2CCC1C2. The monoisotopic (exact) mass is 225 g/mol. The second-order valence-corrected chi connectivity index (χ2v) is 5.82. The number of carboxylic acid groups (broad SMARTS) is 1. The Morgan fingerprint density at radius 2 is 2.19 bits per heavy atom. The molecular formula is C13H23NO2. The molecule has 0 spiro atoms. The maximum absolute atomic E-state index is 10.7. The van der Waals surface area contributed by atoms with E-state index in [0.29, 0.717) is 0 Å². The zero-order chi connectivity index (χ0) is 11.7. The van der Waals surface area contributed by atoms with Gasteiger partial charge < -0.3 is 10.0 Å². The van der Waals surface area contributed by atoms with Gasteiger partial charge in [0.2, 0.25) is 0 Å². The van der Waals surface area contributed by atoms with E-state index in [0.717, 1.165) is 24.3 Å². The molecule has 0 aliphatic heterocycles. The fraction of sp³-hybridized carbons (Fsp3) is 0.923. The molecule has 0 heterocycles. The van der Waals surface area contributed by atoms with Crippen molar-refractivity contribution in [2.24, 2.45) is 17.8 Å². The van der Waals surface area contributed by atoms with Crippen LogP contribution in [-0.4, -0.2) is 35.6 Å². The third-order valence-electron chi connectivity index (χ3n) is 4.63. The van der Waals surface area contributed by atoms with Gasteiger partial charge in [-0.15, -0.1) is 0 Å². The molecule has 2 aliphatic rings. The predicted octanol–water partition coefficient (Wildman–Crippen LogP) is 2.22. The molecule has 0 amide bonds. The average Bonchev–Trinajstić information content (AvgIpc) is 2.77. The highest BCUT2D eigenvalue weighted by Crippen LogP contribution is 2.48. The van der Waals surface area contributed by atoms with Crippen LogP contribution in [0.5, 0.6) is 0 Å². The molecule has 0 aromatic carbocycles. The van der Waals surface area contributed by atoms with Gasteiger partial charge in [-0.05, 0) is 51.0 Å². The van der Waals surface area contributed by atoms with Crippen LogP contribution in [-0.2, 0) is 4.79 Å². The minimum atomic E-state index is -0.688. The van der Waals surface area contributed by atoms with Crippen LogP contribution in [0.3, 0.4) is 0 Å². The van der Waals surface area contributed by atoms with E-state index in [2.05, 4.69) is 11.9 Å². The normalized spacial score (nSPS) is 34.6. The highest BCUT2D eigenvalue weighted by atomic mass is 16.4. The summed E-state index contributed by atoms with van der Waals surface area (Å²) in [6.45, 7) is 3.11. The first-order valence-corrected chi connectivity index (χ1v) is 6.48. The molecule has 92 valence electrons. The lowest BCUT2D eigenvalue weighted by atomic mass is 9.88. The summed E-state index contributed by atoms with van der Waals surface area (Å²) in [6.07, 6.45) is 5.93. The molecule has 0 aromatic heterocycles. The molecule has 16 heavy (non-hydrogen) atoms. The van der Waals surface area contributed by atoms with Crippen molar-refractivity contribution in [1.29, 1.82) is 0 Å². The Hall–Kier alpha value is -0.570. The number of aliphatic carboxylic acids is 1. The van der Waals surface area contributed by atoms with Crippen molar-refractivity contribution in [3.05, 3.63) is 0 Å². The maximum Gasteiger partial charge on any atom is 0.304 e. The summed E-state index contributed by atoms with van der Waals surface area (Å²) in [6, 6.07) is 0.164. The molecule has 2 bridgehead atoms. The molecule has 3 heteroatoms. The summed E-state index contributed by atoms with van der Waals surface area (Å²) in [5.41, 5.74) is 0.